The van der Waals surface area contributed by atoms with Gasteiger partial charge in [-0.05, 0) is 44.2 Å². The number of nitrogens with zero attached hydrogens (tertiary/aromatic N) is 4. The smallest absolute Gasteiger partial charge is 0.269 e. The summed E-state index contributed by atoms with van der Waals surface area (Å²) in [5, 5.41) is 21.9. The molecule has 0 unspecified atom stereocenters. The Morgan fingerprint density at radius 2 is 1.74 bits per heavy atom. The number of non-ortho nitro benzene ring substituents is 1. The number of nitro groups is 1. The Kier molecular flexibility index (Phi) is 6.99. The number of benzene rings is 2. The first-order valence-corrected chi connectivity index (χ1v) is 8.83. The second kappa shape index (κ2) is 9.42. The van der Waals surface area contributed by atoms with Gasteiger partial charge in [-0.3, -0.25) is 14.9 Å². The van der Waals surface area contributed by atoms with Crippen molar-refractivity contribution in [2.75, 3.05) is 23.3 Å². The maximum atomic E-state index is 11.9. The van der Waals surface area contributed by atoms with Crippen LogP contribution in [0.25, 0.3) is 0 Å². The van der Waals surface area contributed by atoms with Crippen LogP contribution in [0.2, 0.25) is 0 Å². The van der Waals surface area contributed by atoms with Gasteiger partial charge in [0.15, 0.2) is 0 Å². The molecule has 0 radical (unpaired) electrons. The molecule has 27 heavy (non-hydrogen) atoms. The van der Waals surface area contributed by atoms with E-state index in [-0.39, 0.29) is 11.6 Å². The number of rotatable bonds is 8. The van der Waals surface area contributed by atoms with E-state index in [0.29, 0.717) is 23.5 Å². The van der Waals surface area contributed by atoms with Crippen molar-refractivity contribution in [2.24, 2.45) is 10.2 Å². The number of hydrogen-bond donors (Lipinski definition) is 1. The van der Waals surface area contributed by atoms with Crippen molar-refractivity contribution in [1.29, 1.82) is 0 Å². The summed E-state index contributed by atoms with van der Waals surface area (Å²) in [6, 6.07) is 11.4. The molecule has 0 bridgehead atoms. The Morgan fingerprint density at radius 3 is 2.30 bits per heavy atom. The van der Waals surface area contributed by atoms with Gasteiger partial charge in [0.05, 0.1) is 16.3 Å². The summed E-state index contributed by atoms with van der Waals surface area (Å²) in [6.07, 6.45) is 0.356. The van der Waals surface area contributed by atoms with Crippen LogP contribution in [0.3, 0.4) is 0 Å². The molecule has 1 amide bonds. The van der Waals surface area contributed by atoms with E-state index < -0.39 is 4.92 Å². The van der Waals surface area contributed by atoms with Gasteiger partial charge >= 0.3 is 0 Å². The summed E-state index contributed by atoms with van der Waals surface area (Å²) in [5.41, 5.74) is 2.57. The fourth-order valence-corrected chi connectivity index (χ4v) is 2.49. The molecule has 0 aliphatic heterocycles. The molecule has 0 spiro atoms. The third-order valence-electron chi connectivity index (χ3n) is 4.04. The molecule has 8 heteroatoms. The minimum atomic E-state index is -0.467. The monoisotopic (exact) mass is 369 g/mol. The first-order chi connectivity index (χ1) is 13.0. The van der Waals surface area contributed by atoms with Crippen molar-refractivity contribution >= 4 is 34.3 Å². The Morgan fingerprint density at radius 1 is 1.07 bits per heavy atom. The topological polar surface area (TPSA) is 100 Å². The summed E-state index contributed by atoms with van der Waals surface area (Å²) in [4.78, 5) is 24.3. The molecular formula is C19H23N5O3. The van der Waals surface area contributed by atoms with Crippen LogP contribution >= 0.6 is 0 Å². The van der Waals surface area contributed by atoms with Crippen LogP contribution in [-0.2, 0) is 4.79 Å². The Labute approximate surface area is 158 Å². The molecule has 0 saturated heterocycles. The molecule has 0 saturated carbocycles. The van der Waals surface area contributed by atoms with Crippen molar-refractivity contribution in [3.63, 3.8) is 0 Å². The zero-order valence-corrected chi connectivity index (χ0v) is 15.7. The fraction of sp³-hybridized carbons (Fsp3) is 0.316. The molecule has 0 fully saturated rings. The first-order valence-electron chi connectivity index (χ1n) is 8.83. The van der Waals surface area contributed by atoms with Gasteiger partial charge in [0.25, 0.3) is 5.69 Å². The highest BCUT2D eigenvalue weighted by atomic mass is 16.6. The number of nitro benzene ring substituents is 1. The third kappa shape index (κ3) is 5.34. The van der Waals surface area contributed by atoms with Crippen molar-refractivity contribution in [1.82, 2.24) is 0 Å². The molecule has 1 N–H and O–H groups in total. The van der Waals surface area contributed by atoms with Crippen LogP contribution in [-0.4, -0.2) is 23.9 Å². The summed E-state index contributed by atoms with van der Waals surface area (Å²) >= 11 is 0. The van der Waals surface area contributed by atoms with Gasteiger partial charge in [-0.1, -0.05) is 6.92 Å². The lowest BCUT2D eigenvalue weighted by atomic mass is 10.2. The van der Waals surface area contributed by atoms with E-state index >= 15 is 0 Å². The van der Waals surface area contributed by atoms with E-state index in [4.69, 9.17) is 0 Å². The standard InChI is InChI=1S/C19H23N5O3/c1-4-19(25)20-18-13-16(23(5-2)6-3)11-12-17(18)22-21-14-7-9-15(10-8-14)24(26)27/h7-13H,4-6H2,1-3H3,(H,20,25). The third-order valence-corrected chi connectivity index (χ3v) is 4.04. The van der Waals surface area contributed by atoms with Gasteiger partial charge in [-0.2, -0.15) is 5.11 Å². The minimum absolute atomic E-state index is 0.00609. The summed E-state index contributed by atoms with van der Waals surface area (Å²) in [6.45, 7) is 7.61. The van der Waals surface area contributed by atoms with Crippen LogP contribution in [0.4, 0.5) is 28.4 Å². The van der Waals surface area contributed by atoms with E-state index in [1.807, 2.05) is 12.1 Å². The van der Waals surface area contributed by atoms with Gasteiger partial charge in [-0.15, -0.1) is 5.11 Å². The number of azo groups is 1. The van der Waals surface area contributed by atoms with Crippen LogP contribution in [0.1, 0.15) is 27.2 Å². The molecule has 2 aromatic rings. The van der Waals surface area contributed by atoms with Crippen molar-refractivity contribution in [3.05, 3.63) is 52.6 Å². The molecule has 8 nitrogen and oxygen atoms in total. The van der Waals surface area contributed by atoms with E-state index in [9.17, 15) is 14.9 Å². The SMILES string of the molecule is CCC(=O)Nc1cc(N(CC)CC)ccc1N=Nc1ccc([N+](=O)[O-])cc1. The van der Waals surface area contributed by atoms with Gasteiger partial charge in [0, 0.05) is 37.3 Å². The zero-order chi connectivity index (χ0) is 19.8. The molecule has 0 aliphatic rings. The fourth-order valence-electron chi connectivity index (χ4n) is 2.49. The lowest BCUT2D eigenvalue weighted by molar-refractivity contribution is -0.384. The highest BCUT2D eigenvalue weighted by Crippen LogP contribution is 2.32. The van der Waals surface area contributed by atoms with Gasteiger partial charge in [0.2, 0.25) is 5.91 Å². The second-order valence-electron chi connectivity index (χ2n) is 5.75. The first kappa shape index (κ1) is 20.0. The summed E-state index contributed by atoms with van der Waals surface area (Å²) in [5.74, 6) is -0.113. The van der Waals surface area contributed by atoms with Crippen LogP contribution in [0.5, 0.6) is 0 Å². The molecular weight excluding hydrogens is 346 g/mol. The predicted molar refractivity (Wildman–Crippen MR) is 106 cm³/mol. The van der Waals surface area contributed by atoms with Gasteiger partial charge in [0.1, 0.15) is 5.69 Å². The van der Waals surface area contributed by atoms with Crippen molar-refractivity contribution < 1.29 is 9.72 Å². The van der Waals surface area contributed by atoms with Crippen LogP contribution in [0.15, 0.2) is 52.7 Å². The van der Waals surface area contributed by atoms with Crippen molar-refractivity contribution in [2.45, 2.75) is 27.2 Å². The van der Waals surface area contributed by atoms with Crippen LogP contribution in [0, 0.1) is 10.1 Å². The highest BCUT2D eigenvalue weighted by Gasteiger charge is 2.10. The van der Waals surface area contributed by atoms with Crippen molar-refractivity contribution in [3.8, 4) is 0 Å². The average Bonchev–Trinajstić information content (AvgIpc) is 2.68. The zero-order valence-electron chi connectivity index (χ0n) is 15.7. The molecule has 0 heterocycles. The largest absolute Gasteiger partial charge is 0.372 e. The molecule has 0 aliphatic carbocycles. The van der Waals surface area contributed by atoms with E-state index in [1.54, 1.807) is 13.0 Å². The van der Waals surface area contributed by atoms with Gasteiger partial charge < -0.3 is 10.2 Å². The lowest BCUT2D eigenvalue weighted by Crippen LogP contribution is -2.22. The molecule has 142 valence electrons. The van der Waals surface area contributed by atoms with Crippen LogP contribution < -0.4 is 10.2 Å². The number of carbonyl (C=O) groups excluding carboxylic acids is 1. The number of hydrogen-bond acceptors (Lipinski definition) is 6. The number of carbonyl (C=O) groups is 1. The average molecular weight is 369 g/mol. The lowest BCUT2D eigenvalue weighted by Gasteiger charge is -2.22. The maximum absolute atomic E-state index is 11.9. The predicted octanol–water partition coefficient (Wildman–Crippen LogP) is 5.20. The van der Waals surface area contributed by atoms with E-state index in [0.717, 1.165) is 18.8 Å². The maximum Gasteiger partial charge on any atom is 0.269 e. The minimum Gasteiger partial charge on any atom is -0.372 e. The number of nitrogens with one attached hydrogen (secondary N) is 1. The quantitative estimate of drug-likeness (QED) is 0.392. The summed E-state index contributed by atoms with van der Waals surface area (Å²) < 4.78 is 0. The molecule has 0 atom stereocenters. The summed E-state index contributed by atoms with van der Waals surface area (Å²) in [7, 11) is 0. The Balaban J connectivity index is 2.32. The molecule has 0 aromatic heterocycles. The highest BCUT2D eigenvalue weighted by molar-refractivity contribution is 5.94. The van der Waals surface area contributed by atoms with E-state index in [2.05, 4.69) is 34.3 Å². The number of anilines is 2. The molecule has 2 aromatic carbocycles. The number of amides is 1. The molecule has 2 rings (SSSR count). The van der Waals surface area contributed by atoms with E-state index in [1.165, 1.54) is 24.3 Å². The van der Waals surface area contributed by atoms with Gasteiger partial charge in [-0.25, -0.2) is 0 Å². The Bertz CT molecular complexity index is 830. The normalized spacial score (nSPS) is 10.8. The Hall–Kier alpha value is -3.29. The second-order valence-corrected chi connectivity index (χ2v) is 5.75.